The molecule has 2 amide bonds. The molecule has 2 aliphatic heterocycles. The molecule has 2 saturated heterocycles. The maximum absolute atomic E-state index is 13.3. The first-order valence-electron chi connectivity index (χ1n) is 11.6. The van der Waals surface area contributed by atoms with Crippen LogP contribution in [0, 0.1) is 5.82 Å². The summed E-state index contributed by atoms with van der Waals surface area (Å²) in [4.78, 5) is 33.6. The lowest BCUT2D eigenvalue weighted by Gasteiger charge is -2.43. The molecular weight excluding hydrogens is 443 g/mol. The third kappa shape index (κ3) is 6.54. The summed E-state index contributed by atoms with van der Waals surface area (Å²) in [6.45, 7) is 3.91. The number of carbonyl (C=O) groups is 2. The van der Waals surface area contributed by atoms with Crippen molar-refractivity contribution in [3.8, 4) is 5.75 Å². The molecule has 2 fully saturated rings. The topological polar surface area (TPSA) is 86.1 Å². The molecule has 1 aromatic carbocycles. The number of carbonyl (C=O) groups excluding carboxylic acids is 2. The summed E-state index contributed by atoms with van der Waals surface area (Å²) in [7, 11) is 0. The number of amides is 2. The van der Waals surface area contributed by atoms with Crippen molar-refractivity contribution in [2.24, 2.45) is 0 Å². The number of nitrogens with zero attached hydrogens (tertiary/aromatic N) is 4. The first-order chi connectivity index (χ1) is 16.5. The average Bonchev–Trinajstić information content (AvgIpc) is 3.38. The fourth-order valence-electron chi connectivity index (χ4n) is 4.24. The van der Waals surface area contributed by atoms with E-state index in [1.54, 1.807) is 22.3 Å². The predicted octanol–water partition coefficient (Wildman–Crippen LogP) is 1.73. The quantitative estimate of drug-likeness (QED) is 0.550. The molecule has 0 radical (unpaired) electrons. The van der Waals surface area contributed by atoms with Gasteiger partial charge in [0.15, 0.2) is 0 Å². The van der Waals surface area contributed by atoms with Crippen LogP contribution in [-0.2, 0) is 25.6 Å². The first-order valence-corrected chi connectivity index (χ1v) is 11.6. The third-order valence-corrected chi connectivity index (χ3v) is 6.12. The van der Waals surface area contributed by atoms with Gasteiger partial charge < -0.3 is 28.6 Å². The van der Waals surface area contributed by atoms with E-state index >= 15 is 0 Å². The first kappa shape index (κ1) is 24.2. The largest absolute Gasteiger partial charge is 0.490 e. The Hall–Kier alpha value is -2.98. The van der Waals surface area contributed by atoms with Crippen molar-refractivity contribution in [1.29, 1.82) is 0 Å². The van der Waals surface area contributed by atoms with Gasteiger partial charge in [0.1, 0.15) is 23.8 Å². The molecule has 0 saturated carbocycles. The Balaban J connectivity index is 1.41. The van der Waals surface area contributed by atoms with E-state index in [-0.39, 0.29) is 37.2 Å². The molecule has 184 valence electrons. The van der Waals surface area contributed by atoms with Gasteiger partial charge in [-0.15, -0.1) is 0 Å². The van der Waals surface area contributed by atoms with Crippen molar-refractivity contribution in [2.75, 3.05) is 52.6 Å². The summed E-state index contributed by atoms with van der Waals surface area (Å²) in [6, 6.07) is 5.71. The van der Waals surface area contributed by atoms with Crippen LogP contribution in [0.2, 0.25) is 0 Å². The van der Waals surface area contributed by atoms with Gasteiger partial charge in [0.25, 0.3) is 0 Å². The normalized spacial score (nSPS) is 20.9. The summed E-state index contributed by atoms with van der Waals surface area (Å²) >= 11 is 0. The molecule has 34 heavy (non-hydrogen) atoms. The van der Waals surface area contributed by atoms with Gasteiger partial charge in [0.05, 0.1) is 39.1 Å². The highest BCUT2D eigenvalue weighted by atomic mass is 19.1. The Labute approximate surface area is 198 Å². The number of aromatic nitrogens is 2. The predicted molar refractivity (Wildman–Crippen MR) is 121 cm³/mol. The minimum atomic E-state index is -0.984. The van der Waals surface area contributed by atoms with E-state index in [1.165, 1.54) is 24.3 Å². The number of halogens is 1. The number of benzene rings is 1. The maximum atomic E-state index is 13.3. The molecule has 0 bridgehead atoms. The molecule has 0 aliphatic carbocycles. The zero-order valence-electron chi connectivity index (χ0n) is 19.2. The zero-order valence-corrected chi connectivity index (χ0v) is 19.2. The van der Waals surface area contributed by atoms with Crippen molar-refractivity contribution in [1.82, 2.24) is 19.4 Å². The molecule has 3 heterocycles. The van der Waals surface area contributed by atoms with Crippen LogP contribution in [0.5, 0.6) is 5.75 Å². The van der Waals surface area contributed by atoms with Gasteiger partial charge in [-0.25, -0.2) is 9.37 Å². The Bertz CT molecular complexity index is 933. The summed E-state index contributed by atoms with van der Waals surface area (Å²) in [5.74, 6) is 0.0896. The molecule has 0 spiro atoms. The van der Waals surface area contributed by atoms with Crippen LogP contribution in [0.25, 0.3) is 0 Å². The lowest BCUT2D eigenvalue weighted by molar-refractivity contribution is -0.167. The van der Waals surface area contributed by atoms with Crippen molar-refractivity contribution in [3.05, 3.63) is 48.8 Å². The van der Waals surface area contributed by atoms with Gasteiger partial charge in [-0.3, -0.25) is 9.59 Å². The summed E-state index contributed by atoms with van der Waals surface area (Å²) in [5.41, 5.74) is -0.984. The smallest absolute Gasteiger partial charge is 0.225 e. The molecule has 1 atom stereocenters. The standard InChI is InChI=1S/C24H31FN4O5/c25-20-3-5-21(6-4-20)33-18-24(16-23(31)28-10-13-32-14-11-28)17-29(12-15-34-24)22(30)2-1-8-27-9-7-26-19-27/h3-7,9,19H,1-2,8,10-18H2. The Morgan fingerprint density at radius 2 is 1.82 bits per heavy atom. The summed E-state index contributed by atoms with van der Waals surface area (Å²) in [5, 5.41) is 0. The summed E-state index contributed by atoms with van der Waals surface area (Å²) in [6.07, 6.45) is 6.49. The molecule has 9 nitrogen and oxygen atoms in total. The van der Waals surface area contributed by atoms with Crippen LogP contribution in [0.4, 0.5) is 4.39 Å². The minimum absolute atomic E-state index is 0.0217. The van der Waals surface area contributed by atoms with Crippen molar-refractivity contribution in [3.63, 3.8) is 0 Å². The highest BCUT2D eigenvalue weighted by molar-refractivity contribution is 5.79. The highest BCUT2D eigenvalue weighted by Crippen LogP contribution is 2.26. The Morgan fingerprint density at radius 3 is 2.56 bits per heavy atom. The van der Waals surface area contributed by atoms with Crippen LogP contribution < -0.4 is 4.74 Å². The van der Waals surface area contributed by atoms with E-state index in [9.17, 15) is 14.0 Å². The number of hydrogen-bond acceptors (Lipinski definition) is 6. The molecule has 2 aromatic rings. The third-order valence-electron chi connectivity index (χ3n) is 6.12. The highest BCUT2D eigenvalue weighted by Gasteiger charge is 2.42. The van der Waals surface area contributed by atoms with Gasteiger partial charge in [-0.2, -0.15) is 0 Å². The molecule has 2 aliphatic rings. The molecule has 4 rings (SSSR count). The fraction of sp³-hybridized carbons (Fsp3) is 0.542. The van der Waals surface area contributed by atoms with E-state index in [0.717, 1.165) is 0 Å². The van der Waals surface area contributed by atoms with Crippen LogP contribution in [0.15, 0.2) is 43.0 Å². The van der Waals surface area contributed by atoms with E-state index in [4.69, 9.17) is 14.2 Å². The molecule has 0 N–H and O–H groups in total. The molecule has 1 unspecified atom stereocenters. The van der Waals surface area contributed by atoms with Gasteiger partial charge in [-0.1, -0.05) is 0 Å². The fourth-order valence-corrected chi connectivity index (χ4v) is 4.24. The average molecular weight is 475 g/mol. The SMILES string of the molecule is O=C(CC1(COc2ccc(F)cc2)CN(C(=O)CCCn2ccnc2)CCO1)N1CCOCC1. The van der Waals surface area contributed by atoms with Crippen LogP contribution in [0.1, 0.15) is 19.3 Å². The van der Waals surface area contributed by atoms with Gasteiger partial charge >= 0.3 is 0 Å². The number of rotatable bonds is 9. The molecule has 10 heteroatoms. The molecular formula is C24H31FN4O5. The summed E-state index contributed by atoms with van der Waals surface area (Å²) < 4.78 is 32.6. The number of imidazole rings is 1. The number of morpholine rings is 2. The zero-order chi connectivity index (χ0) is 23.8. The second-order valence-corrected chi connectivity index (χ2v) is 8.66. The van der Waals surface area contributed by atoms with E-state index in [1.807, 2.05) is 10.8 Å². The van der Waals surface area contributed by atoms with Crippen LogP contribution in [-0.4, -0.2) is 89.4 Å². The monoisotopic (exact) mass is 474 g/mol. The second-order valence-electron chi connectivity index (χ2n) is 8.66. The van der Waals surface area contributed by atoms with E-state index in [0.29, 0.717) is 64.6 Å². The van der Waals surface area contributed by atoms with Gasteiger partial charge in [-0.05, 0) is 30.7 Å². The van der Waals surface area contributed by atoms with Crippen LogP contribution >= 0.6 is 0 Å². The lowest BCUT2D eigenvalue weighted by atomic mass is 9.96. The second kappa shape index (κ2) is 11.4. The van der Waals surface area contributed by atoms with Crippen molar-refractivity contribution < 1.29 is 28.2 Å². The number of hydrogen-bond donors (Lipinski definition) is 0. The van der Waals surface area contributed by atoms with Crippen LogP contribution in [0.3, 0.4) is 0 Å². The molecule has 1 aromatic heterocycles. The van der Waals surface area contributed by atoms with E-state index in [2.05, 4.69) is 4.98 Å². The maximum Gasteiger partial charge on any atom is 0.225 e. The van der Waals surface area contributed by atoms with Gasteiger partial charge in [0, 0.05) is 45.0 Å². The van der Waals surface area contributed by atoms with Crippen molar-refractivity contribution in [2.45, 2.75) is 31.4 Å². The Morgan fingerprint density at radius 1 is 1.06 bits per heavy atom. The minimum Gasteiger partial charge on any atom is -0.490 e. The van der Waals surface area contributed by atoms with Gasteiger partial charge in [0.2, 0.25) is 11.8 Å². The lowest BCUT2D eigenvalue weighted by Crippen LogP contribution is -2.58. The number of ether oxygens (including phenoxy) is 3. The van der Waals surface area contributed by atoms with Crippen molar-refractivity contribution >= 4 is 11.8 Å². The Kier molecular flexibility index (Phi) is 8.12. The number of aryl methyl sites for hydroxylation is 1. The van der Waals surface area contributed by atoms with E-state index < -0.39 is 5.60 Å².